The van der Waals surface area contributed by atoms with Crippen molar-refractivity contribution in [2.24, 2.45) is 0 Å². The van der Waals surface area contributed by atoms with E-state index in [9.17, 15) is 5.26 Å². The highest BCUT2D eigenvalue weighted by Crippen LogP contribution is 2.33. The average Bonchev–Trinajstić information content (AvgIpc) is 2.95. The third-order valence-electron chi connectivity index (χ3n) is 4.05. The van der Waals surface area contributed by atoms with Crippen molar-refractivity contribution in [2.75, 3.05) is 0 Å². The topological polar surface area (TPSA) is 33.1 Å². The minimum atomic E-state index is 0.478. The van der Waals surface area contributed by atoms with Crippen LogP contribution in [-0.4, -0.2) is 4.57 Å². The molecule has 4 aromatic rings. The molecule has 3 heteroatoms. The van der Waals surface area contributed by atoms with Crippen LogP contribution in [0.2, 0.25) is 0 Å². The predicted octanol–water partition coefficient (Wildman–Crippen LogP) is 5.21. The second kappa shape index (κ2) is 5.02. The number of hydrogen-bond acceptors (Lipinski definition) is 1. The van der Waals surface area contributed by atoms with Crippen LogP contribution >= 0.6 is 0 Å². The second-order valence-electron chi connectivity index (χ2n) is 5.29. The van der Waals surface area contributed by atoms with Crippen molar-refractivity contribution in [2.45, 2.75) is 0 Å². The Balaban J connectivity index is 2.18. The first-order valence-corrected chi connectivity index (χ1v) is 7.23. The Hall–Kier alpha value is -3.56. The van der Waals surface area contributed by atoms with Crippen LogP contribution in [0.1, 0.15) is 5.56 Å². The highest BCUT2D eigenvalue weighted by atomic mass is 15.0. The molecule has 0 fully saturated rings. The van der Waals surface area contributed by atoms with Crippen LogP contribution in [0.5, 0.6) is 0 Å². The van der Waals surface area contributed by atoms with Gasteiger partial charge in [-0.2, -0.15) is 5.26 Å². The highest BCUT2D eigenvalue weighted by molar-refractivity contribution is 6.09. The molecule has 0 unspecified atom stereocenters. The molecule has 0 aliphatic carbocycles. The molecular formula is C20H11N3. The van der Waals surface area contributed by atoms with Gasteiger partial charge in [0.2, 0.25) is 0 Å². The van der Waals surface area contributed by atoms with Gasteiger partial charge in [0, 0.05) is 10.8 Å². The summed E-state index contributed by atoms with van der Waals surface area (Å²) in [5.41, 5.74) is 3.90. The van der Waals surface area contributed by atoms with Crippen molar-refractivity contribution in [3.8, 4) is 11.8 Å². The summed E-state index contributed by atoms with van der Waals surface area (Å²) in [5.74, 6) is 0. The van der Waals surface area contributed by atoms with E-state index in [1.165, 1.54) is 0 Å². The molecule has 0 aliphatic heterocycles. The number of rotatable bonds is 1. The summed E-state index contributed by atoms with van der Waals surface area (Å²) in [6.07, 6.45) is 0. The van der Waals surface area contributed by atoms with E-state index in [4.69, 9.17) is 6.57 Å². The Morgan fingerprint density at radius 2 is 1.48 bits per heavy atom. The second-order valence-corrected chi connectivity index (χ2v) is 5.29. The monoisotopic (exact) mass is 293 g/mol. The normalized spacial score (nSPS) is 10.5. The molecule has 0 bridgehead atoms. The maximum Gasteiger partial charge on any atom is 0.188 e. The van der Waals surface area contributed by atoms with E-state index in [1.54, 1.807) is 12.1 Å². The number of hydrogen-bond donors (Lipinski definition) is 0. The molecular weight excluding hydrogens is 282 g/mol. The maximum atomic E-state index is 9.52. The summed E-state index contributed by atoms with van der Waals surface area (Å²) in [6.45, 7) is 7.13. The molecule has 0 spiro atoms. The molecule has 0 saturated heterocycles. The third kappa shape index (κ3) is 1.88. The summed E-state index contributed by atoms with van der Waals surface area (Å²) >= 11 is 0. The molecule has 0 N–H and O–H groups in total. The van der Waals surface area contributed by atoms with E-state index >= 15 is 0 Å². The number of nitrogens with zero attached hydrogens (tertiary/aromatic N) is 3. The van der Waals surface area contributed by atoms with Crippen molar-refractivity contribution in [3.63, 3.8) is 0 Å². The fraction of sp³-hybridized carbons (Fsp3) is 0. The molecule has 106 valence electrons. The molecule has 0 atom stereocenters. The van der Waals surface area contributed by atoms with E-state index in [0.717, 1.165) is 27.5 Å². The SMILES string of the molecule is [C-]#[N+]c1ccc(-n2c3ccccc3c3ccccc32)c(C#N)c1. The number of fused-ring (bicyclic) bond motifs is 3. The quantitative estimate of drug-likeness (QED) is 0.444. The smallest absolute Gasteiger partial charge is 0.188 e. The van der Waals surface area contributed by atoms with Crippen molar-refractivity contribution in [1.29, 1.82) is 5.26 Å². The van der Waals surface area contributed by atoms with Crippen molar-refractivity contribution in [3.05, 3.63) is 83.7 Å². The van der Waals surface area contributed by atoms with Gasteiger partial charge in [0.1, 0.15) is 0 Å². The molecule has 23 heavy (non-hydrogen) atoms. The van der Waals surface area contributed by atoms with Gasteiger partial charge in [-0.3, -0.25) is 0 Å². The third-order valence-corrected chi connectivity index (χ3v) is 4.05. The van der Waals surface area contributed by atoms with Crippen LogP contribution in [0.15, 0.2) is 66.7 Å². The maximum absolute atomic E-state index is 9.52. The van der Waals surface area contributed by atoms with Gasteiger partial charge < -0.3 is 4.57 Å². The largest absolute Gasteiger partial charge is 0.308 e. The lowest BCUT2D eigenvalue weighted by Gasteiger charge is -2.10. The van der Waals surface area contributed by atoms with Gasteiger partial charge >= 0.3 is 0 Å². The first-order chi connectivity index (χ1) is 11.3. The molecule has 3 nitrogen and oxygen atoms in total. The lowest BCUT2D eigenvalue weighted by atomic mass is 10.1. The minimum absolute atomic E-state index is 0.478. The van der Waals surface area contributed by atoms with Gasteiger partial charge in [-0.15, -0.1) is 0 Å². The fourth-order valence-corrected chi connectivity index (χ4v) is 3.06. The van der Waals surface area contributed by atoms with Gasteiger partial charge in [-0.25, -0.2) is 4.85 Å². The van der Waals surface area contributed by atoms with E-state index in [0.29, 0.717) is 11.3 Å². The molecule has 1 aromatic heterocycles. The van der Waals surface area contributed by atoms with Crippen LogP contribution in [0, 0.1) is 17.9 Å². The highest BCUT2D eigenvalue weighted by Gasteiger charge is 2.14. The number of benzene rings is 3. The molecule has 0 radical (unpaired) electrons. The summed E-state index contributed by atoms with van der Waals surface area (Å²) < 4.78 is 2.09. The zero-order chi connectivity index (χ0) is 15.8. The lowest BCUT2D eigenvalue weighted by Crippen LogP contribution is -1.96. The lowest BCUT2D eigenvalue weighted by molar-refractivity contribution is 1.17. The van der Waals surface area contributed by atoms with Gasteiger partial charge in [-0.1, -0.05) is 42.5 Å². The van der Waals surface area contributed by atoms with Crippen LogP contribution in [0.4, 0.5) is 5.69 Å². The molecule has 4 rings (SSSR count). The number of nitriles is 1. The zero-order valence-electron chi connectivity index (χ0n) is 12.2. The molecule has 0 amide bonds. The summed E-state index contributed by atoms with van der Waals surface area (Å²) in [4.78, 5) is 3.42. The van der Waals surface area contributed by atoms with E-state index < -0.39 is 0 Å². The Morgan fingerprint density at radius 3 is 2.04 bits per heavy atom. The zero-order valence-corrected chi connectivity index (χ0v) is 12.2. The van der Waals surface area contributed by atoms with Crippen LogP contribution in [-0.2, 0) is 0 Å². The van der Waals surface area contributed by atoms with E-state index in [2.05, 4.69) is 39.7 Å². The summed E-state index contributed by atoms with van der Waals surface area (Å²) in [5, 5.41) is 11.8. The number of aromatic nitrogens is 1. The van der Waals surface area contributed by atoms with E-state index in [1.807, 2.05) is 30.3 Å². The first kappa shape index (κ1) is 13.1. The van der Waals surface area contributed by atoms with E-state index in [-0.39, 0.29) is 0 Å². The standard InChI is InChI=1S/C20H11N3/c1-22-15-10-11-18(14(12-15)13-21)23-19-8-4-2-6-16(19)17-7-3-5-9-20(17)23/h2-12H. The van der Waals surface area contributed by atoms with Crippen LogP contribution < -0.4 is 0 Å². The molecule has 1 heterocycles. The van der Waals surface area contributed by atoms with Gasteiger partial charge in [-0.05, 0) is 24.3 Å². The van der Waals surface area contributed by atoms with Gasteiger partial charge in [0.05, 0.1) is 34.9 Å². The fourth-order valence-electron chi connectivity index (χ4n) is 3.06. The molecule has 0 saturated carbocycles. The first-order valence-electron chi connectivity index (χ1n) is 7.23. The van der Waals surface area contributed by atoms with Crippen molar-refractivity contribution >= 4 is 27.5 Å². The summed E-state index contributed by atoms with van der Waals surface area (Å²) in [7, 11) is 0. The average molecular weight is 293 g/mol. The summed E-state index contributed by atoms with van der Waals surface area (Å²) in [6, 6.07) is 23.8. The molecule has 0 aliphatic rings. The van der Waals surface area contributed by atoms with Crippen LogP contribution in [0.25, 0.3) is 32.3 Å². The van der Waals surface area contributed by atoms with Crippen molar-refractivity contribution in [1.82, 2.24) is 4.57 Å². The Bertz CT molecular complexity index is 1080. The van der Waals surface area contributed by atoms with Gasteiger partial charge in [0.25, 0.3) is 0 Å². The van der Waals surface area contributed by atoms with Crippen LogP contribution in [0.3, 0.4) is 0 Å². The van der Waals surface area contributed by atoms with Crippen molar-refractivity contribution < 1.29 is 0 Å². The number of para-hydroxylation sites is 2. The minimum Gasteiger partial charge on any atom is -0.308 e. The molecule has 3 aromatic carbocycles. The van der Waals surface area contributed by atoms with Gasteiger partial charge in [0.15, 0.2) is 5.69 Å². The predicted molar refractivity (Wildman–Crippen MR) is 91.8 cm³/mol. The Kier molecular flexibility index (Phi) is 2.86. The Morgan fingerprint density at radius 1 is 0.870 bits per heavy atom. The Labute approximate surface area is 133 Å².